The lowest BCUT2D eigenvalue weighted by Crippen LogP contribution is -2.23. The highest BCUT2D eigenvalue weighted by Crippen LogP contribution is 2.34. The fraction of sp³-hybridized carbons (Fsp3) is 0.154. The van der Waals surface area contributed by atoms with E-state index in [1.165, 1.54) is 12.1 Å². The van der Waals surface area contributed by atoms with E-state index in [9.17, 15) is 14.9 Å². The van der Waals surface area contributed by atoms with E-state index in [1.54, 1.807) is 28.9 Å². The molecule has 0 aliphatic rings. The fourth-order valence-corrected chi connectivity index (χ4v) is 4.04. The highest BCUT2D eigenvalue weighted by Gasteiger charge is 2.29. The quantitative estimate of drug-likeness (QED) is 0.213. The molecule has 0 aliphatic heterocycles. The fourth-order valence-electron chi connectivity index (χ4n) is 4.04. The number of nitrogens with zero attached hydrogens (tertiary/aromatic N) is 3. The van der Waals surface area contributed by atoms with Crippen LogP contribution in [0.15, 0.2) is 84.9 Å². The summed E-state index contributed by atoms with van der Waals surface area (Å²) in [5.41, 5.74) is 4.89. The molecule has 3 aromatic carbocycles. The molecule has 0 radical (unpaired) electrons. The van der Waals surface area contributed by atoms with Gasteiger partial charge in [0.05, 0.1) is 16.3 Å². The summed E-state index contributed by atoms with van der Waals surface area (Å²) in [4.78, 5) is 24.4. The molecule has 1 heterocycles. The van der Waals surface area contributed by atoms with Crippen molar-refractivity contribution in [3.63, 3.8) is 0 Å². The van der Waals surface area contributed by atoms with E-state index >= 15 is 0 Å². The number of aryl methyl sites for hydroxylation is 1. The van der Waals surface area contributed by atoms with Crippen molar-refractivity contribution in [1.82, 2.24) is 9.78 Å². The Morgan fingerprint density at radius 2 is 1.56 bits per heavy atom. The van der Waals surface area contributed by atoms with E-state index in [0.29, 0.717) is 5.56 Å². The monoisotopic (exact) mass is 425 g/mol. The maximum atomic E-state index is 13.7. The summed E-state index contributed by atoms with van der Waals surface area (Å²) in [5, 5.41) is 15.9. The van der Waals surface area contributed by atoms with Gasteiger partial charge < -0.3 is 0 Å². The zero-order valence-corrected chi connectivity index (χ0v) is 17.9. The van der Waals surface area contributed by atoms with Gasteiger partial charge in [0, 0.05) is 28.8 Å². The first kappa shape index (κ1) is 21.2. The van der Waals surface area contributed by atoms with Crippen molar-refractivity contribution in [2.24, 2.45) is 0 Å². The maximum Gasteiger partial charge on any atom is 0.269 e. The molecule has 32 heavy (non-hydrogen) atoms. The van der Waals surface area contributed by atoms with Gasteiger partial charge in [0.15, 0.2) is 5.78 Å². The number of Topliss-reactive ketones (excluding diaryl/α,β-unsaturated/α-hetero) is 1. The Balaban J connectivity index is 1.94. The zero-order chi connectivity index (χ0) is 22.7. The minimum atomic E-state index is -0.664. The molecule has 0 N–H and O–H groups in total. The lowest BCUT2D eigenvalue weighted by atomic mass is 9.96. The largest absolute Gasteiger partial charge is 0.291 e. The van der Waals surface area contributed by atoms with Gasteiger partial charge in [-0.05, 0) is 31.0 Å². The first-order chi connectivity index (χ1) is 15.5. The number of nitro benzene ring substituents is 1. The van der Waals surface area contributed by atoms with Gasteiger partial charge in [-0.1, -0.05) is 67.6 Å². The van der Waals surface area contributed by atoms with Crippen LogP contribution in [0.1, 0.15) is 40.1 Å². The number of aromatic nitrogens is 2. The second kappa shape index (κ2) is 8.98. The van der Waals surface area contributed by atoms with Crippen molar-refractivity contribution in [2.45, 2.75) is 26.3 Å². The Hall–Kier alpha value is -4.06. The average Bonchev–Trinajstić information content (AvgIpc) is 3.16. The Morgan fingerprint density at radius 1 is 0.969 bits per heavy atom. The molecule has 4 rings (SSSR count). The molecule has 1 aromatic heterocycles. The van der Waals surface area contributed by atoms with E-state index in [1.807, 2.05) is 62.4 Å². The molecule has 0 amide bonds. The van der Waals surface area contributed by atoms with Crippen LogP contribution < -0.4 is 0 Å². The Bertz CT molecular complexity index is 1250. The number of nitro groups is 1. The summed E-state index contributed by atoms with van der Waals surface area (Å²) in [6, 6.07) is 24.5. The Morgan fingerprint density at radius 3 is 2.12 bits per heavy atom. The first-order valence-corrected chi connectivity index (χ1v) is 10.5. The van der Waals surface area contributed by atoms with Crippen LogP contribution in [0.3, 0.4) is 0 Å². The minimum absolute atomic E-state index is 0.0227. The molecule has 0 saturated heterocycles. The number of hydrogen-bond acceptors (Lipinski definition) is 4. The third-order valence-electron chi connectivity index (χ3n) is 5.58. The van der Waals surface area contributed by atoms with Crippen molar-refractivity contribution in [2.75, 3.05) is 0 Å². The molecule has 0 saturated carbocycles. The number of carbonyl (C=O) groups is 1. The highest BCUT2D eigenvalue weighted by molar-refractivity contribution is 6.01. The van der Waals surface area contributed by atoms with Gasteiger partial charge >= 0.3 is 0 Å². The average molecular weight is 425 g/mol. The highest BCUT2D eigenvalue weighted by atomic mass is 16.6. The number of rotatable bonds is 7. The molecule has 1 atom stereocenters. The molecule has 0 bridgehead atoms. The smallest absolute Gasteiger partial charge is 0.269 e. The lowest BCUT2D eigenvalue weighted by Gasteiger charge is -2.20. The molecule has 1 unspecified atom stereocenters. The number of benzene rings is 3. The van der Waals surface area contributed by atoms with Crippen LogP contribution in [-0.4, -0.2) is 20.5 Å². The zero-order valence-electron chi connectivity index (χ0n) is 17.9. The molecule has 160 valence electrons. The van der Waals surface area contributed by atoms with Crippen LogP contribution in [0.4, 0.5) is 5.69 Å². The Labute approximate surface area is 186 Å². The van der Waals surface area contributed by atoms with Gasteiger partial charge in [-0.15, -0.1) is 0 Å². The van der Waals surface area contributed by atoms with Crippen LogP contribution in [0.2, 0.25) is 0 Å². The van der Waals surface area contributed by atoms with Gasteiger partial charge in [0.2, 0.25) is 0 Å². The first-order valence-electron chi connectivity index (χ1n) is 10.5. The van der Waals surface area contributed by atoms with Crippen molar-refractivity contribution in [3.8, 4) is 11.3 Å². The second-order valence-electron chi connectivity index (χ2n) is 7.56. The predicted molar refractivity (Wildman–Crippen MR) is 124 cm³/mol. The van der Waals surface area contributed by atoms with E-state index in [-0.39, 0.29) is 11.5 Å². The summed E-state index contributed by atoms with van der Waals surface area (Å²) < 4.78 is 1.78. The minimum Gasteiger partial charge on any atom is -0.291 e. The molecule has 0 spiro atoms. The van der Waals surface area contributed by atoms with Crippen LogP contribution >= 0.6 is 0 Å². The molecule has 6 heteroatoms. The third kappa shape index (κ3) is 3.95. The molecule has 4 aromatic rings. The number of hydrogen-bond donors (Lipinski definition) is 0. The van der Waals surface area contributed by atoms with E-state index < -0.39 is 11.0 Å². The van der Waals surface area contributed by atoms with Crippen LogP contribution in [0.5, 0.6) is 0 Å². The van der Waals surface area contributed by atoms with Crippen LogP contribution in [-0.2, 0) is 6.42 Å². The molecular formula is C26H23N3O3. The number of ketones is 1. The third-order valence-corrected chi connectivity index (χ3v) is 5.58. The topological polar surface area (TPSA) is 78.0 Å². The molecule has 6 nitrogen and oxygen atoms in total. The predicted octanol–water partition coefficient (Wildman–Crippen LogP) is 5.80. The standard InChI is InChI=1S/C26H23N3O3/c1-3-23-18(2)27-28(24(23)20-14-16-22(17-15-20)29(31)32)25(19-10-6-4-7-11-19)26(30)21-12-8-5-9-13-21/h4-17,25H,3H2,1-2H3. The van der Waals surface area contributed by atoms with E-state index in [4.69, 9.17) is 5.10 Å². The van der Waals surface area contributed by atoms with Gasteiger partial charge in [-0.25, -0.2) is 4.68 Å². The maximum absolute atomic E-state index is 13.7. The van der Waals surface area contributed by atoms with Gasteiger partial charge in [-0.3, -0.25) is 14.9 Å². The van der Waals surface area contributed by atoms with E-state index in [0.717, 1.165) is 34.5 Å². The summed E-state index contributed by atoms with van der Waals surface area (Å²) in [6.07, 6.45) is 0.721. The van der Waals surface area contributed by atoms with Gasteiger partial charge in [-0.2, -0.15) is 5.10 Å². The van der Waals surface area contributed by atoms with Crippen LogP contribution in [0.25, 0.3) is 11.3 Å². The SMILES string of the molecule is CCc1c(C)nn(C(C(=O)c2ccccc2)c2ccccc2)c1-c1ccc([N+](=O)[O-])cc1. The number of carbonyl (C=O) groups excluding carboxylic acids is 1. The van der Waals surface area contributed by atoms with E-state index in [2.05, 4.69) is 0 Å². The molecular weight excluding hydrogens is 402 g/mol. The number of non-ortho nitro benzene ring substituents is 1. The van der Waals surface area contributed by atoms with Crippen molar-refractivity contribution in [1.29, 1.82) is 0 Å². The van der Waals surface area contributed by atoms with Crippen molar-refractivity contribution in [3.05, 3.63) is 117 Å². The van der Waals surface area contributed by atoms with Crippen molar-refractivity contribution >= 4 is 11.5 Å². The molecule has 0 fully saturated rings. The van der Waals surface area contributed by atoms with Gasteiger partial charge in [0.1, 0.15) is 6.04 Å². The Kier molecular flexibility index (Phi) is 5.94. The summed E-state index contributed by atoms with van der Waals surface area (Å²) in [6.45, 7) is 3.97. The van der Waals surface area contributed by atoms with Crippen molar-refractivity contribution < 1.29 is 9.72 Å². The summed E-state index contributed by atoms with van der Waals surface area (Å²) in [5.74, 6) is -0.0647. The normalized spacial score (nSPS) is 11.8. The van der Waals surface area contributed by atoms with Crippen LogP contribution in [0, 0.1) is 17.0 Å². The van der Waals surface area contributed by atoms with Gasteiger partial charge in [0.25, 0.3) is 5.69 Å². The molecule has 0 aliphatic carbocycles. The lowest BCUT2D eigenvalue weighted by molar-refractivity contribution is -0.384. The summed E-state index contributed by atoms with van der Waals surface area (Å²) in [7, 11) is 0. The second-order valence-corrected chi connectivity index (χ2v) is 7.56. The summed E-state index contributed by atoms with van der Waals surface area (Å²) >= 11 is 0.